The van der Waals surface area contributed by atoms with Crippen LogP contribution in [0, 0.1) is 6.92 Å². The van der Waals surface area contributed by atoms with Crippen molar-refractivity contribution in [3.63, 3.8) is 0 Å². The van der Waals surface area contributed by atoms with Gasteiger partial charge in [-0.25, -0.2) is 4.79 Å². The van der Waals surface area contributed by atoms with Crippen LogP contribution in [0.15, 0.2) is 18.2 Å². The first kappa shape index (κ1) is 20.3. The third kappa shape index (κ3) is 6.72. The number of amides is 3. The number of hydrogen-bond donors (Lipinski definition) is 3. The molecule has 0 radical (unpaired) electrons. The number of aliphatic hydroxyl groups excluding tert-OH is 1. The maximum atomic E-state index is 11.7. The van der Waals surface area contributed by atoms with Crippen LogP contribution in [-0.2, 0) is 4.79 Å². The Bertz CT molecular complexity index is 626. The molecule has 0 aromatic heterocycles. The predicted octanol–water partition coefficient (Wildman–Crippen LogP) is 1.70. The fourth-order valence-electron chi connectivity index (χ4n) is 2.63. The molecule has 3 amide bonds. The molecule has 144 valence electrons. The molecule has 1 atom stereocenters. The lowest BCUT2D eigenvalue weighted by Crippen LogP contribution is -2.45. The second-order valence-corrected chi connectivity index (χ2v) is 6.76. The Morgan fingerprint density at radius 2 is 2.19 bits per heavy atom. The highest BCUT2D eigenvalue weighted by Crippen LogP contribution is 2.21. The number of nitrogens with one attached hydrogen (secondary N) is 2. The van der Waals surface area contributed by atoms with Gasteiger partial charge in [0.15, 0.2) is 0 Å². The van der Waals surface area contributed by atoms with Crippen LogP contribution in [0.25, 0.3) is 0 Å². The van der Waals surface area contributed by atoms with Gasteiger partial charge in [0.05, 0.1) is 0 Å². The van der Waals surface area contributed by atoms with Crippen LogP contribution in [0.4, 0.5) is 4.79 Å². The fraction of sp³-hybridized carbons (Fsp3) is 0.556. The van der Waals surface area contributed by atoms with Crippen LogP contribution in [0.3, 0.4) is 0 Å². The van der Waals surface area contributed by atoms with E-state index in [-0.39, 0.29) is 25.1 Å². The number of carbonyl (C=O) groups is 2. The molecule has 1 aliphatic rings. The van der Waals surface area contributed by atoms with E-state index in [2.05, 4.69) is 10.6 Å². The summed E-state index contributed by atoms with van der Waals surface area (Å²) in [5.41, 5.74) is 0.892. The van der Waals surface area contributed by atoms with Crippen molar-refractivity contribution in [1.82, 2.24) is 15.5 Å². The summed E-state index contributed by atoms with van der Waals surface area (Å²) in [6, 6.07) is 4.87. The SMILES string of the molecule is Cc1cc(OCC(O)CNC(=O)NCCN2CCCCC2=O)ccc1Cl. The molecule has 3 N–H and O–H groups in total. The smallest absolute Gasteiger partial charge is 0.314 e. The predicted molar refractivity (Wildman–Crippen MR) is 99.5 cm³/mol. The third-order valence-electron chi connectivity index (χ3n) is 4.16. The molecule has 0 bridgehead atoms. The van der Waals surface area contributed by atoms with Crippen molar-refractivity contribution in [3.05, 3.63) is 28.8 Å². The quantitative estimate of drug-likeness (QED) is 0.637. The molecule has 1 fully saturated rings. The first-order valence-corrected chi connectivity index (χ1v) is 9.20. The molecule has 8 heteroatoms. The molecule has 7 nitrogen and oxygen atoms in total. The van der Waals surface area contributed by atoms with E-state index in [1.54, 1.807) is 23.1 Å². The van der Waals surface area contributed by atoms with Crippen molar-refractivity contribution in [3.8, 4) is 5.75 Å². The zero-order valence-electron chi connectivity index (χ0n) is 15.0. The number of hydrogen-bond acceptors (Lipinski definition) is 4. The van der Waals surface area contributed by atoms with Gasteiger partial charge in [0.1, 0.15) is 18.5 Å². The number of urea groups is 1. The molecule has 0 saturated carbocycles. The summed E-state index contributed by atoms with van der Waals surface area (Å²) in [6.07, 6.45) is 1.71. The van der Waals surface area contributed by atoms with Crippen molar-refractivity contribution < 1.29 is 19.4 Å². The third-order valence-corrected chi connectivity index (χ3v) is 4.58. The average molecular weight is 384 g/mol. The molecule has 1 heterocycles. The summed E-state index contributed by atoms with van der Waals surface area (Å²) in [6.45, 7) is 3.64. The summed E-state index contributed by atoms with van der Waals surface area (Å²) < 4.78 is 5.48. The number of carbonyl (C=O) groups excluding carboxylic acids is 2. The largest absolute Gasteiger partial charge is 0.491 e. The number of likely N-dealkylation sites (tertiary alicyclic amines) is 1. The normalized spacial score (nSPS) is 15.5. The first-order valence-electron chi connectivity index (χ1n) is 8.82. The van der Waals surface area contributed by atoms with Crippen LogP contribution in [0.5, 0.6) is 5.75 Å². The van der Waals surface area contributed by atoms with Crippen LogP contribution >= 0.6 is 11.6 Å². The molecule has 26 heavy (non-hydrogen) atoms. The van der Waals surface area contributed by atoms with Gasteiger partial charge in [0.25, 0.3) is 0 Å². The summed E-state index contributed by atoms with van der Waals surface area (Å²) in [5.74, 6) is 0.755. The van der Waals surface area contributed by atoms with Gasteiger partial charge in [-0.15, -0.1) is 0 Å². The molecule has 1 saturated heterocycles. The van der Waals surface area contributed by atoms with Gasteiger partial charge in [0.2, 0.25) is 5.91 Å². The van der Waals surface area contributed by atoms with Crippen LogP contribution < -0.4 is 15.4 Å². The lowest BCUT2D eigenvalue weighted by molar-refractivity contribution is -0.133. The number of halogens is 1. The van der Waals surface area contributed by atoms with Gasteiger partial charge in [0, 0.05) is 37.6 Å². The van der Waals surface area contributed by atoms with Gasteiger partial charge in [-0.3, -0.25) is 4.79 Å². The average Bonchev–Trinajstić information content (AvgIpc) is 2.62. The van der Waals surface area contributed by atoms with E-state index in [4.69, 9.17) is 16.3 Å². The van der Waals surface area contributed by atoms with Gasteiger partial charge >= 0.3 is 6.03 Å². The second-order valence-electron chi connectivity index (χ2n) is 6.35. The van der Waals surface area contributed by atoms with Crippen molar-refractivity contribution in [1.29, 1.82) is 0 Å². The number of rotatable bonds is 8. The van der Waals surface area contributed by atoms with Crippen molar-refractivity contribution in [2.45, 2.75) is 32.3 Å². The Morgan fingerprint density at radius 3 is 2.92 bits per heavy atom. The zero-order valence-corrected chi connectivity index (χ0v) is 15.7. The highest BCUT2D eigenvalue weighted by atomic mass is 35.5. The summed E-state index contributed by atoms with van der Waals surface area (Å²) in [4.78, 5) is 25.2. The van der Waals surface area contributed by atoms with Crippen molar-refractivity contribution >= 4 is 23.5 Å². The Morgan fingerprint density at radius 1 is 1.38 bits per heavy atom. The van der Waals surface area contributed by atoms with Crippen LogP contribution in [0.2, 0.25) is 5.02 Å². The second kappa shape index (κ2) is 10.2. The van der Waals surface area contributed by atoms with E-state index in [0.717, 1.165) is 24.9 Å². The number of ether oxygens (including phenoxy) is 1. The van der Waals surface area contributed by atoms with Gasteiger partial charge < -0.3 is 25.4 Å². The van der Waals surface area contributed by atoms with Crippen molar-refractivity contribution in [2.24, 2.45) is 0 Å². The lowest BCUT2D eigenvalue weighted by atomic mass is 10.1. The molecule has 1 aromatic rings. The Kier molecular flexibility index (Phi) is 8.00. The minimum atomic E-state index is -0.833. The van der Waals surface area contributed by atoms with E-state index < -0.39 is 6.10 Å². The standard InChI is InChI=1S/C18H26ClN3O4/c1-13-10-15(5-6-16(13)19)26-12-14(23)11-21-18(25)20-7-9-22-8-3-2-4-17(22)24/h5-6,10,14,23H,2-4,7-9,11-12H2,1H3,(H2,20,21,25). The number of piperidine rings is 1. The molecule has 2 rings (SSSR count). The Hall–Kier alpha value is -1.99. The van der Waals surface area contributed by atoms with E-state index in [1.807, 2.05) is 6.92 Å². The number of aliphatic hydroxyl groups is 1. The first-order chi connectivity index (χ1) is 12.5. The Balaban J connectivity index is 1.59. The van der Waals surface area contributed by atoms with Crippen molar-refractivity contribution in [2.75, 3.05) is 32.8 Å². The summed E-state index contributed by atoms with van der Waals surface area (Å²) in [5, 5.41) is 15.8. The topological polar surface area (TPSA) is 90.9 Å². The number of benzene rings is 1. The molecule has 0 spiro atoms. The maximum absolute atomic E-state index is 11.7. The van der Waals surface area contributed by atoms with Gasteiger partial charge in [-0.05, 0) is 43.5 Å². The number of nitrogens with zero attached hydrogens (tertiary/aromatic N) is 1. The molecule has 0 aliphatic carbocycles. The monoisotopic (exact) mass is 383 g/mol. The molecule has 1 aromatic carbocycles. The molecule has 1 aliphatic heterocycles. The van der Waals surface area contributed by atoms with Gasteiger partial charge in [-0.1, -0.05) is 11.6 Å². The van der Waals surface area contributed by atoms with E-state index >= 15 is 0 Å². The molecular weight excluding hydrogens is 358 g/mol. The summed E-state index contributed by atoms with van der Waals surface area (Å²) in [7, 11) is 0. The van der Waals surface area contributed by atoms with Crippen LogP contribution in [-0.4, -0.2) is 60.8 Å². The van der Waals surface area contributed by atoms with E-state index in [0.29, 0.717) is 30.3 Å². The molecular formula is C18H26ClN3O4. The van der Waals surface area contributed by atoms with Gasteiger partial charge in [-0.2, -0.15) is 0 Å². The molecule has 1 unspecified atom stereocenters. The van der Waals surface area contributed by atoms with E-state index in [9.17, 15) is 14.7 Å². The highest BCUT2D eigenvalue weighted by Gasteiger charge is 2.17. The maximum Gasteiger partial charge on any atom is 0.314 e. The zero-order chi connectivity index (χ0) is 18.9. The van der Waals surface area contributed by atoms with Crippen LogP contribution in [0.1, 0.15) is 24.8 Å². The fourth-order valence-corrected chi connectivity index (χ4v) is 2.75. The summed E-state index contributed by atoms with van der Waals surface area (Å²) >= 11 is 5.95. The lowest BCUT2D eigenvalue weighted by Gasteiger charge is -2.26. The Labute approximate surface area is 158 Å². The minimum Gasteiger partial charge on any atom is -0.491 e. The number of aryl methyl sites for hydroxylation is 1. The minimum absolute atomic E-state index is 0.0592. The van der Waals surface area contributed by atoms with E-state index in [1.165, 1.54) is 0 Å². The highest BCUT2D eigenvalue weighted by molar-refractivity contribution is 6.31.